The predicted molar refractivity (Wildman–Crippen MR) is 48.6 cm³/mol. The second-order valence-electron chi connectivity index (χ2n) is 3.43. The van der Waals surface area contributed by atoms with Crippen molar-refractivity contribution in [3.8, 4) is 0 Å². The number of aromatic nitrogens is 1. The van der Waals surface area contributed by atoms with Crippen molar-refractivity contribution in [3.05, 3.63) is 17.0 Å². The summed E-state index contributed by atoms with van der Waals surface area (Å²) >= 11 is 0. The summed E-state index contributed by atoms with van der Waals surface area (Å²) in [6.45, 7) is 4.61. The fraction of sp³-hybridized carbons (Fsp3) is 0.556. The van der Waals surface area contributed by atoms with E-state index in [-0.39, 0.29) is 0 Å². The number of carbonyl (C=O) groups is 1. The monoisotopic (exact) mass is 236 g/mol. The van der Waals surface area contributed by atoms with Crippen molar-refractivity contribution in [2.75, 3.05) is 0 Å². The number of nitrogens with zero attached hydrogens (tertiary/aromatic N) is 1. The lowest BCUT2D eigenvalue weighted by molar-refractivity contribution is -0.174. The molecule has 0 aromatic carbocycles. The van der Waals surface area contributed by atoms with Crippen molar-refractivity contribution in [1.29, 1.82) is 0 Å². The van der Waals surface area contributed by atoms with Crippen LogP contribution >= 0.6 is 0 Å². The summed E-state index contributed by atoms with van der Waals surface area (Å²) in [5.41, 5.74) is 0.935. The normalized spacial score (nSPS) is 13.6. The highest BCUT2D eigenvalue weighted by Crippen LogP contribution is 2.23. The molecule has 0 saturated heterocycles. The van der Waals surface area contributed by atoms with Gasteiger partial charge in [0.05, 0.1) is 11.7 Å². The minimum absolute atomic E-state index is 0.396. The third kappa shape index (κ3) is 2.53. The van der Waals surface area contributed by atoms with Gasteiger partial charge in [0.1, 0.15) is 5.76 Å². The van der Waals surface area contributed by atoms with Crippen molar-refractivity contribution in [2.45, 2.75) is 33.0 Å². The van der Waals surface area contributed by atoms with Crippen LogP contribution in [0.2, 0.25) is 0 Å². The average molecular weight is 236 g/mol. The van der Waals surface area contributed by atoms with Crippen LogP contribution in [-0.2, 0) is 4.79 Å². The van der Waals surface area contributed by atoms with E-state index in [4.69, 9.17) is 4.52 Å². The summed E-state index contributed by atoms with van der Waals surface area (Å²) in [6, 6.07) is -0.791. The van der Waals surface area contributed by atoms with E-state index in [2.05, 4.69) is 5.16 Å². The topological polar surface area (TPSA) is 55.1 Å². The van der Waals surface area contributed by atoms with Crippen LogP contribution in [0.15, 0.2) is 4.52 Å². The van der Waals surface area contributed by atoms with E-state index in [1.165, 1.54) is 6.92 Å². The molecule has 1 unspecified atom stereocenters. The molecule has 90 valence electrons. The largest absolute Gasteiger partial charge is 0.471 e. The van der Waals surface area contributed by atoms with Crippen molar-refractivity contribution >= 4 is 5.91 Å². The van der Waals surface area contributed by atoms with E-state index in [0.717, 1.165) is 0 Å². The van der Waals surface area contributed by atoms with E-state index >= 15 is 0 Å². The van der Waals surface area contributed by atoms with Gasteiger partial charge in [-0.15, -0.1) is 0 Å². The Labute approximate surface area is 89.8 Å². The second kappa shape index (κ2) is 4.15. The van der Waals surface area contributed by atoms with Gasteiger partial charge in [-0.25, -0.2) is 0 Å². The molecule has 0 aliphatic rings. The van der Waals surface area contributed by atoms with E-state index in [0.29, 0.717) is 17.0 Å². The molecule has 0 fully saturated rings. The molecule has 0 radical (unpaired) electrons. The number of rotatable bonds is 2. The zero-order valence-electron chi connectivity index (χ0n) is 8.97. The molecule has 7 heteroatoms. The molecule has 4 nitrogen and oxygen atoms in total. The molecule has 0 bridgehead atoms. The first-order chi connectivity index (χ1) is 7.23. The molecule has 0 spiro atoms. The molecular formula is C9H11F3N2O2. The van der Waals surface area contributed by atoms with Crippen LogP contribution in [0.4, 0.5) is 13.2 Å². The van der Waals surface area contributed by atoms with E-state index in [1.807, 2.05) is 5.32 Å². The van der Waals surface area contributed by atoms with Crippen LogP contribution in [0.5, 0.6) is 0 Å². The van der Waals surface area contributed by atoms with Crippen LogP contribution < -0.4 is 5.32 Å². The molecule has 0 aliphatic carbocycles. The van der Waals surface area contributed by atoms with Gasteiger partial charge in [0.15, 0.2) is 0 Å². The number of halogens is 3. The van der Waals surface area contributed by atoms with Crippen LogP contribution in [-0.4, -0.2) is 17.2 Å². The second-order valence-corrected chi connectivity index (χ2v) is 3.43. The van der Waals surface area contributed by atoms with Crippen molar-refractivity contribution in [3.63, 3.8) is 0 Å². The number of hydrogen-bond acceptors (Lipinski definition) is 3. The molecule has 0 saturated carbocycles. The van der Waals surface area contributed by atoms with Crippen molar-refractivity contribution < 1.29 is 22.5 Å². The Morgan fingerprint density at radius 3 is 2.38 bits per heavy atom. The lowest BCUT2D eigenvalue weighted by Gasteiger charge is -2.14. The minimum Gasteiger partial charge on any atom is -0.361 e. The number of hydrogen-bond donors (Lipinski definition) is 1. The fourth-order valence-corrected chi connectivity index (χ4v) is 1.46. The highest BCUT2D eigenvalue weighted by atomic mass is 19.4. The van der Waals surface area contributed by atoms with Crippen LogP contribution in [0.1, 0.15) is 30.0 Å². The van der Waals surface area contributed by atoms with Crippen LogP contribution in [0.25, 0.3) is 0 Å². The molecule has 1 atom stereocenters. The van der Waals surface area contributed by atoms with Gasteiger partial charge in [-0.3, -0.25) is 4.79 Å². The summed E-state index contributed by atoms with van der Waals surface area (Å²) in [4.78, 5) is 10.7. The van der Waals surface area contributed by atoms with Gasteiger partial charge in [-0.2, -0.15) is 13.2 Å². The molecule has 1 aromatic rings. The molecule has 1 N–H and O–H groups in total. The first-order valence-corrected chi connectivity index (χ1v) is 4.54. The molecule has 0 aliphatic heterocycles. The maximum atomic E-state index is 12.0. The number of amides is 1. The molecular weight excluding hydrogens is 225 g/mol. The number of alkyl halides is 3. The van der Waals surface area contributed by atoms with Gasteiger partial charge >= 0.3 is 12.1 Å². The summed E-state index contributed by atoms with van der Waals surface area (Å²) in [5.74, 6) is -1.58. The zero-order valence-corrected chi connectivity index (χ0v) is 8.97. The smallest absolute Gasteiger partial charge is 0.361 e. The molecule has 1 amide bonds. The number of nitrogens with one attached hydrogen (secondary N) is 1. The zero-order chi connectivity index (χ0) is 12.5. The van der Waals surface area contributed by atoms with Gasteiger partial charge < -0.3 is 9.84 Å². The fourth-order valence-electron chi connectivity index (χ4n) is 1.46. The van der Waals surface area contributed by atoms with Crippen molar-refractivity contribution in [2.24, 2.45) is 0 Å². The lowest BCUT2D eigenvalue weighted by atomic mass is 10.1. The summed E-state index contributed by atoms with van der Waals surface area (Å²) in [5, 5.41) is 5.44. The van der Waals surface area contributed by atoms with Crippen molar-refractivity contribution in [1.82, 2.24) is 10.5 Å². The van der Waals surface area contributed by atoms with Gasteiger partial charge in [0.2, 0.25) is 0 Å². The van der Waals surface area contributed by atoms with Gasteiger partial charge in [-0.1, -0.05) is 5.16 Å². The Morgan fingerprint density at radius 2 is 2.00 bits per heavy atom. The Bertz CT molecular complexity index is 378. The number of aryl methyl sites for hydroxylation is 2. The lowest BCUT2D eigenvalue weighted by Crippen LogP contribution is -2.38. The molecule has 1 heterocycles. The SMILES string of the molecule is Cc1noc(C)c1C(C)NC(=O)C(F)(F)F. The maximum absolute atomic E-state index is 12.0. The third-order valence-electron chi connectivity index (χ3n) is 2.13. The average Bonchev–Trinajstić information content (AvgIpc) is 2.44. The Morgan fingerprint density at radius 1 is 1.44 bits per heavy atom. The Kier molecular flexibility index (Phi) is 3.25. The highest BCUT2D eigenvalue weighted by molar-refractivity contribution is 5.82. The third-order valence-corrected chi connectivity index (χ3v) is 2.13. The molecule has 1 aromatic heterocycles. The van der Waals surface area contributed by atoms with Crippen LogP contribution in [0.3, 0.4) is 0 Å². The van der Waals surface area contributed by atoms with E-state index < -0.39 is 18.1 Å². The summed E-state index contributed by atoms with van der Waals surface area (Å²) < 4.78 is 40.8. The van der Waals surface area contributed by atoms with Gasteiger partial charge in [0.25, 0.3) is 0 Å². The Hall–Kier alpha value is -1.53. The quantitative estimate of drug-likeness (QED) is 0.854. The maximum Gasteiger partial charge on any atom is 0.471 e. The summed E-state index contributed by atoms with van der Waals surface area (Å²) in [7, 11) is 0. The van der Waals surface area contributed by atoms with Gasteiger partial charge in [-0.05, 0) is 20.8 Å². The Balaban J connectivity index is 2.81. The highest BCUT2D eigenvalue weighted by Gasteiger charge is 2.39. The van der Waals surface area contributed by atoms with Crippen LogP contribution in [0, 0.1) is 13.8 Å². The van der Waals surface area contributed by atoms with E-state index in [9.17, 15) is 18.0 Å². The predicted octanol–water partition coefficient (Wildman–Crippen LogP) is 2.03. The van der Waals surface area contributed by atoms with E-state index in [1.54, 1.807) is 13.8 Å². The molecule has 1 rings (SSSR count). The summed E-state index contributed by atoms with van der Waals surface area (Å²) in [6.07, 6.45) is -4.88. The first-order valence-electron chi connectivity index (χ1n) is 4.54. The minimum atomic E-state index is -4.88. The number of carbonyl (C=O) groups excluding carboxylic acids is 1. The first kappa shape index (κ1) is 12.5. The van der Waals surface area contributed by atoms with Gasteiger partial charge in [0, 0.05) is 5.56 Å². The molecule has 16 heavy (non-hydrogen) atoms. The standard InChI is InChI=1S/C9H11F3N2O2/c1-4(13-8(15)9(10,11)12)7-5(2)14-16-6(7)3/h4H,1-3H3,(H,13,15).